The van der Waals surface area contributed by atoms with Crippen molar-refractivity contribution in [1.29, 1.82) is 0 Å². The number of halogens is 1. The second-order valence-corrected chi connectivity index (χ2v) is 7.65. The van der Waals surface area contributed by atoms with Gasteiger partial charge in [0.25, 0.3) is 11.5 Å². The Kier molecular flexibility index (Phi) is 6.06. The summed E-state index contributed by atoms with van der Waals surface area (Å²) in [5.41, 5.74) is 1.03. The maximum absolute atomic E-state index is 13.1. The normalized spacial score (nSPS) is 13.9. The van der Waals surface area contributed by atoms with Crippen LogP contribution in [0.2, 0.25) is 5.02 Å². The SMILES string of the molecule is Cn1c(C(=O)OCC(=O)N2CCOCC2)c(-c2ccc(Cl)cc2)c2ccccc2c1=O. The lowest BCUT2D eigenvalue weighted by atomic mass is 9.97. The Labute approximate surface area is 183 Å². The molecule has 0 unspecified atom stereocenters. The number of aromatic nitrogens is 1. The van der Waals surface area contributed by atoms with Gasteiger partial charge in [0.1, 0.15) is 5.69 Å². The van der Waals surface area contributed by atoms with Gasteiger partial charge in [-0.15, -0.1) is 0 Å². The number of pyridine rings is 1. The third-order valence-electron chi connectivity index (χ3n) is 5.32. The van der Waals surface area contributed by atoms with E-state index in [1.807, 2.05) is 0 Å². The lowest BCUT2D eigenvalue weighted by Crippen LogP contribution is -2.42. The van der Waals surface area contributed by atoms with Gasteiger partial charge in [-0.1, -0.05) is 41.9 Å². The van der Waals surface area contributed by atoms with Gasteiger partial charge in [-0.2, -0.15) is 0 Å². The van der Waals surface area contributed by atoms with Crippen LogP contribution in [0.1, 0.15) is 10.5 Å². The maximum Gasteiger partial charge on any atom is 0.356 e. The van der Waals surface area contributed by atoms with Crippen LogP contribution in [0.25, 0.3) is 21.9 Å². The summed E-state index contributed by atoms with van der Waals surface area (Å²) in [6.07, 6.45) is 0. The fourth-order valence-electron chi connectivity index (χ4n) is 3.71. The Bertz CT molecular complexity index is 1200. The van der Waals surface area contributed by atoms with Gasteiger partial charge in [0.15, 0.2) is 6.61 Å². The Balaban J connectivity index is 1.75. The molecule has 2 heterocycles. The topological polar surface area (TPSA) is 77.8 Å². The summed E-state index contributed by atoms with van der Waals surface area (Å²) in [5.74, 6) is -1.03. The molecule has 0 N–H and O–H groups in total. The number of amides is 1. The molecule has 1 aliphatic rings. The van der Waals surface area contributed by atoms with Gasteiger partial charge in [0, 0.05) is 36.1 Å². The molecule has 2 aromatic carbocycles. The molecule has 160 valence electrons. The van der Waals surface area contributed by atoms with Gasteiger partial charge in [-0.05, 0) is 29.1 Å². The van der Waals surface area contributed by atoms with Gasteiger partial charge < -0.3 is 18.9 Å². The Morgan fingerprint density at radius 1 is 1.03 bits per heavy atom. The highest BCUT2D eigenvalue weighted by atomic mass is 35.5. The average Bonchev–Trinajstić information content (AvgIpc) is 2.80. The van der Waals surface area contributed by atoms with Gasteiger partial charge in [0.05, 0.1) is 13.2 Å². The largest absolute Gasteiger partial charge is 0.451 e. The van der Waals surface area contributed by atoms with Crippen LogP contribution in [-0.4, -0.2) is 54.3 Å². The number of hydrogen-bond donors (Lipinski definition) is 0. The van der Waals surface area contributed by atoms with Crippen molar-refractivity contribution in [3.63, 3.8) is 0 Å². The number of ether oxygens (including phenoxy) is 2. The van der Waals surface area contributed by atoms with Crippen LogP contribution in [-0.2, 0) is 21.3 Å². The van der Waals surface area contributed by atoms with E-state index in [1.165, 1.54) is 11.6 Å². The first-order valence-electron chi connectivity index (χ1n) is 9.87. The van der Waals surface area contributed by atoms with E-state index in [0.29, 0.717) is 53.2 Å². The Hall–Kier alpha value is -3.16. The molecule has 3 aromatic rings. The highest BCUT2D eigenvalue weighted by molar-refractivity contribution is 6.30. The molecule has 0 radical (unpaired) electrons. The monoisotopic (exact) mass is 440 g/mol. The van der Waals surface area contributed by atoms with E-state index in [0.717, 1.165) is 0 Å². The van der Waals surface area contributed by atoms with Crippen LogP contribution < -0.4 is 5.56 Å². The molecule has 4 rings (SSSR count). The molecule has 0 atom stereocenters. The van der Waals surface area contributed by atoms with Crippen molar-refractivity contribution in [3.8, 4) is 11.1 Å². The first-order chi connectivity index (χ1) is 15.0. The second kappa shape index (κ2) is 8.91. The van der Waals surface area contributed by atoms with Crippen molar-refractivity contribution in [3.05, 3.63) is 69.6 Å². The van der Waals surface area contributed by atoms with Crippen LogP contribution >= 0.6 is 11.6 Å². The molecular formula is C23H21ClN2O5. The van der Waals surface area contributed by atoms with Crippen molar-refractivity contribution >= 4 is 34.2 Å². The first-order valence-corrected chi connectivity index (χ1v) is 10.3. The summed E-state index contributed by atoms with van der Waals surface area (Å²) in [5, 5.41) is 1.66. The summed E-state index contributed by atoms with van der Waals surface area (Å²) in [4.78, 5) is 40.0. The molecule has 0 spiro atoms. The van der Waals surface area contributed by atoms with Crippen molar-refractivity contribution in [2.45, 2.75) is 0 Å². The van der Waals surface area contributed by atoms with Crippen LogP contribution in [0.15, 0.2) is 53.3 Å². The van der Waals surface area contributed by atoms with E-state index in [1.54, 1.807) is 53.4 Å². The summed E-state index contributed by atoms with van der Waals surface area (Å²) >= 11 is 6.04. The highest BCUT2D eigenvalue weighted by Crippen LogP contribution is 2.31. The summed E-state index contributed by atoms with van der Waals surface area (Å²) in [7, 11) is 1.52. The number of rotatable bonds is 4. The van der Waals surface area contributed by atoms with Crippen LogP contribution in [0.3, 0.4) is 0 Å². The van der Waals surface area contributed by atoms with Crippen LogP contribution in [0.4, 0.5) is 0 Å². The van der Waals surface area contributed by atoms with Gasteiger partial charge in [-0.3, -0.25) is 9.59 Å². The second-order valence-electron chi connectivity index (χ2n) is 7.21. The Morgan fingerprint density at radius 2 is 1.68 bits per heavy atom. The third kappa shape index (κ3) is 4.19. The van der Waals surface area contributed by atoms with E-state index in [-0.39, 0.29) is 17.2 Å². The molecule has 1 amide bonds. The zero-order valence-electron chi connectivity index (χ0n) is 17.0. The first kappa shape index (κ1) is 21.1. The molecule has 1 aliphatic heterocycles. The fraction of sp³-hybridized carbons (Fsp3) is 0.261. The number of carbonyl (C=O) groups excluding carboxylic acids is 2. The number of benzene rings is 2. The molecule has 1 aromatic heterocycles. The smallest absolute Gasteiger partial charge is 0.356 e. The lowest BCUT2D eigenvalue weighted by molar-refractivity contribution is -0.138. The Morgan fingerprint density at radius 3 is 2.35 bits per heavy atom. The summed E-state index contributed by atoms with van der Waals surface area (Å²) in [6.45, 7) is 1.43. The van der Waals surface area contributed by atoms with E-state index in [2.05, 4.69) is 0 Å². The minimum absolute atomic E-state index is 0.0841. The number of hydrogen-bond acceptors (Lipinski definition) is 5. The zero-order valence-corrected chi connectivity index (χ0v) is 17.7. The molecule has 1 saturated heterocycles. The van der Waals surface area contributed by atoms with Crippen LogP contribution in [0, 0.1) is 0 Å². The van der Waals surface area contributed by atoms with Crippen molar-refractivity contribution in [1.82, 2.24) is 9.47 Å². The van der Waals surface area contributed by atoms with Gasteiger partial charge >= 0.3 is 5.97 Å². The lowest BCUT2D eigenvalue weighted by Gasteiger charge is -2.26. The van der Waals surface area contributed by atoms with Crippen molar-refractivity contribution in [2.75, 3.05) is 32.9 Å². The molecule has 0 bridgehead atoms. The molecular weight excluding hydrogens is 420 g/mol. The predicted octanol–water partition coefficient (Wildman–Crippen LogP) is 2.87. The molecule has 31 heavy (non-hydrogen) atoms. The number of carbonyl (C=O) groups is 2. The van der Waals surface area contributed by atoms with Crippen molar-refractivity contribution < 1.29 is 19.1 Å². The number of esters is 1. The minimum Gasteiger partial charge on any atom is -0.451 e. The van der Waals surface area contributed by atoms with E-state index in [4.69, 9.17) is 21.1 Å². The third-order valence-corrected chi connectivity index (χ3v) is 5.57. The maximum atomic E-state index is 13.1. The van der Waals surface area contributed by atoms with Crippen molar-refractivity contribution in [2.24, 2.45) is 7.05 Å². The predicted molar refractivity (Wildman–Crippen MR) is 117 cm³/mol. The van der Waals surface area contributed by atoms with Gasteiger partial charge in [0.2, 0.25) is 0 Å². The molecule has 0 saturated carbocycles. The quantitative estimate of drug-likeness (QED) is 0.583. The zero-order chi connectivity index (χ0) is 22.0. The van der Waals surface area contributed by atoms with Gasteiger partial charge in [-0.25, -0.2) is 4.79 Å². The molecule has 8 heteroatoms. The number of nitrogens with zero attached hydrogens (tertiary/aromatic N) is 2. The van der Waals surface area contributed by atoms with E-state index < -0.39 is 12.6 Å². The molecule has 7 nitrogen and oxygen atoms in total. The molecule has 0 aliphatic carbocycles. The molecule has 1 fully saturated rings. The standard InChI is InChI=1S/C23H21ClN2O5/c1-25-21(23(29)31-14-19(27)26-10-12-30-13-11-26)20(15-6-8-16(24)9-7-15)17-4-2-3-5-18(17)22(25)28/h2-9H,10-14H2,1H3. The average molecular weight is 441 g/mol. The van der Waals surface area contributed by atoms with E-state index >= 15 is 0 Å². The van der Waals surface area contributed by atoms with E-state index in [9.17, 15) is 14.4 Å². The fourth-order valence-corrected chi connectivity index (χ4v) is 3.84. The number of morpholine rings is 1. The highest BCUT2D eigenvalue weighted by Gasteiger charge is 2.25. The summed E-state index contributed by atoms with van der Waals surface area (Å²) < 4.78 is 11.9. The van der Waals surface area contributed by atoms with Crippen LogP contribution in [0.5, 0.6) is 0 Å². The summed E-state index contributed by atoms with van der Waals surface area (Å²) in [6, 6.07) is 14.1. The number of fused-ring (bicyclic) bond motifs is 1. The minimum atomic E-state index is -0.739.